The lowest BCUT2D eigenvalue weighted by atomic mass is 9.88. The van der Waals surface area contributed by atoms with Gasteiger partial charge in [0.2, 0.25) is 0 Å². The number of halogens is 1. The lowest BCUT2D eigenvalue weighted by Crippen LogP contribution is -2.13. The molecule has 0 bridgehead atoms. The highest BCUT2D eigenvalue weighted by molar-refractivity contribution is 9.09. The average Bonchev–Trinajstić information content (AvgIpc) is 3.24. The average molecular weight is 315 g/mol. The van der Waals surface area contributed by atoms with Gasteiger partial charge < -0.3 is 0 Å². The third kappa shape index (κ3) is 2.25. The van der Waals surface area contributed by atoms with Gasteiger partial charge >= 0.3 is 0 Å². The van der Waals surface area contributed by atoms with Gasteiger partial charge in [0, 0.05) is 10.2 Å². The van der Waals surface area contributed by atoms with E-state index in [1.807, 2.05) is 0 Å². The maximum Gasteiger partial charge on any atom is 0.0492 e. The summed E-state index contributed by atoms with van der Waals surface area (Å²) < 4.78 is 0. The van der Waals surface area contributed by atoms with Gasteiger partial charge in [0.05, 0.1) is 0 Å². The lowest BCUT2D eigenvalue weighted by Gasteiger charge is -2.23. The second kappa shape index (κ2) is 4.79. The number of hydrogen-bond acceptors (Lipinski definition) is 0. The normalized spacial score (nSPS) is 18.1. The molecule has 19 heavy (non-hydrogen) atoms. The number of aryl methyl sites for hydroxylation is 2. The van der Waals surface area contributed by atoms with Gasteiger partial charge in [0.15, 0.2) is 0 Å². The van der Waals surface area contributed by atoms with Gasteiger partial charge in [-0.3, -0.25) is 0 Å². The molecule has 1 unspecified atom stereocenters. The van der Waals surface area contributed by atoms with Crippen molar-refractivity contribution in [1.82, 2.24) is 0 Å². The van der Waals surface area contributed by atoms with E-state index in [0.717, 1.165) is 0 Å². The van der Waals surface area contributed by atoms with E-state index in [4.69, 9.17) is 0 Å². The van der Waals surface area contributed by atoms with Crippen LogP contribution in [0.2, 0.25) is 0 Å². The highest BCUT2D eigenvalue weighted by Crippen LogP contribution is 2.60. The fraction of sp³-hybridized carbons (Fsp3) is 0.333. The summed E-state index contributed by atoms with van der Waals surface area (Å²) in [7, 11) is 0. The minimum Gasteiger partial charge on any atom is -0.0829 e. The van der Waals surface area contributed by atoms with E-state index >= 15 is 0 Å². The third-order valence-corrected chi connectivity index (χ3v) is 5.85. The van der Waals surface area contributed by atoms with Gasteiger partial charge in [-0.05, 0) is 48.9 Å². The summed E-state index contributed by atoms with van der Waals surface area (Å²) in [4.78, 5) is 0.418. The first-order valence-electron chi connectivity index (χ1n) is 6.90. The molecule has 0 aromatic heterocycles. The molecule has 0 saturated heterocycles. The number of rotatable bonds is 3. The smallest absolute Gasteiger partial charge is 0.0492 e. The van der Waals surface area contributed by atoms with Crippen LogP contribution in [0.25, 0.3) is 0 Å². The zero-order valence-electron chi connectivity index (χ0n) is 11.5. The van der Waals surface area contributed by atoms with E-state index in [9.17, 15) is 0 Å². The molecular weight excluding hydrogens is 296 g/mol. The Morgan fingerprint density at radius 2 is 1.63 bits per heavy atom. The van der Waals surface area contributed by atoms with Crippen LogP contribution in [0, 0.1) is 13.8 Å². The SMILES string of the molecule is Cc1ccc(C(Br)C2(c3ccccc3)CC2)cc1C. The van der Waals surface area contributed by atoms with E-state index in [1.54, 1.807) is 0 Å². The Balaban J connectivity index is 1.96. The molecule has 3 rings (SSSR count). The number of hydrogen-bond donors (Lipinski definition) is 0. The Labute approximate surface area is 124 Å². The van der Waals surface area contributed by atoms with Crippen molar-refractivity contribution in [3.63, 3.8) is 0 Å². The Bertz CT molecular complexity index is 582. The minimum atomic E-state index is 0.308. The molecule has 0 heterocycles. The topological polar surface area (TPSA) is 0 Å². The molecular formula is C18H19Br. The van der Waals surface area contributed by atoms with E-state index in [-0.39, 0.29) is 0 Å². The second-order valence-corrected chi connectivity index (χ2v) is 6.64. The van der Waals surface area contributed by atoms with Crippen LogP contribution in [0.5, 0.6) is 0 Å². The molecule has 1 fully saturated rings. The molecule has 0 amide bonds. The van der Waals surface area contributed by atoms with Gasteiger partial charge in [-0.1, -0.05) is 64.5 Å². The summed E-state index contributed by atoms with van der Waals surface area (Å²) in [6.07, 6.45) is 2.56. The largest absolute Gasteiger partial charge is 0.0829 e. The Morgan fingerprint density at radius 1 is 0.947 bits per heavy atom. The summed E-state index contributed by atoms with van der Waals surface area (Å²) in [6.45, 7) is 4.37. The van der Waals surface area contributed by atoms with Crippen molar-refractivity contribution in [2.75, 3.05) is 0 Å². The van der Waals surface area contributed by atoms with Crippen molar-refractivity contribution < 1.29 is 0 Å². The summed E-state index contributed by atoms with van der Waals surface area (Å²) >= 11 is 3.97. The van der Waals surface area contributed by atoms with E-state index in [1.165, 1.54) is 35.1 Å². The van der Waals surface area contributed by atoms with Crippen molar-refractivity contribution in [1.29, 1.82) is 0 Å². The zero-order valence-corrected chi connectivity index (χ0v) is 13.1. The highest BCUT2D eigenvalue weighted by atomic mass is 79.9. The molecule has 0 N–H and O–H groups in total. The number of benzene rings is 2. The standard InChI is InChI=1S/C18H19Br/c1-13-8-9-15(12-14(13)2)17(19)18(10-11-18)16-6-4-3-5-7-16/h3-9,12,17H,10-11H2,1-2H3. The molecule has 2 aromatic rings. The summed E-state index contributed by atoms with van der Waals surface area (Å²) in [6, 6.07) is 17.8. The van der Waals surface area contributed by atoms with Crippen molar-refractivity contribution in [2.45, 2.75) is 36.9 Å². The molecule has 1 saturated carbocycles. The molecule has 1 aliphatic carbocycles. The first-order valence-corrected chi connectivity index (χ1v) is 7.82. The van der Waals surface area contributed by atoms with Crippen molar-refractivity contribution in [3.05, 3.63) is 70.8 Å². The van der Waals surface area contributed by atoms with Gasteiger partial charge in [-0.2, -0.15) is 0 Å². The van der Waals surface area contributed by atoms with Crippen molar-refractivity contribution in [2.24, 2.45) is 0 Å². The van der Waals surface area contributed by atoms with Crippen LogP contribution in [0.4, 0.5) is 0 Å². The number of alkyl halides is 1. The van der Waals surface area contributed by atoms with Gasteiger partial charge in [0.1, 0.15) is 0 Å². The molecule has 0 spiro atoms. The lowest BCUT2D eigenvalue weighted by molar-refractivity contribution is 0.680. The molecule has 0 nitrogen and oxygen atoms in total. The van der Waals surface area contributed by atoms with E-state index in [0.29, 0.717) is 10.2 Å². The maximum atomic E-state index is 3.97. The van der Waals surface area contributed by atoms with Crippen molar-refractivity contribution in [3.8, 4) is 0 Å². The molecule has 0 radical (unpaired) electrons. The monoisotopic (exact) mass is 314 g/mol. The van der Waals surface area contributed by atoms with E-state index in [2.05, 4.69) is 78.3 Å². The molecule has 0 aliphatic heterocycles. The van der Waals surface area contributed by atoms with Gasteiger partial charge in [-0.25, -0.2) is 0 Å². The predicted molar refractivity (Wildman–Crippen MR) is 84.9 cm³/mol. The van der Waals surface area contributed by atoms with Crippen LogP contribution in [0.3, 0.4) is 0 Å². The molecule has 98 valence electrons. The maximum absolute atomic E-state index is 3.97. The van der Waals surface area contributed by atoms with Crippen LogP contribution >= 0.6 is 15.9 Å². The molecule has 1 aliphatic rings. The van der Waals surface area contributed by atoms with Gasteiger partial charge in [-0.15, -0.1) is 0 Å². The first-order chi connectivity index (χ1) is 9.13. The van der Waals surface area contributed by atoms with Crippen LogP contribution in [-0.4, -0.2) is 0 Å². The van der Waals surface area contributed by atoms with Crippen LogP contribution < -0.4 is 0 Å². The van der Waals surface area contributed by atoms with Crippen molar-refractivity contribution >= 4 is 15.9 Å². The Hall–Kier alpha value is -1.08. The van der Waals surface area contributed by atoms with Crippen LogP contribution in [0.15, 0.2) is 48.5 Å². The highest BCUT2D eigenvalue weighted by Gasteiger charge is 2.50. The molecule has 2 aromatic carbocycles. The predicted octanol–water partition coefficient (Wildman–Crippen LogP) is 5.47. The summed E-state index contributed by atoms with van der Waals surface area (Å²) in [5.74, 6) is 0. The zero-order chi connectivity index (χ0) is 13.5. The quantitative estimate of drug-likeness (QED) is 0.659. The second-order valence-electron chi connectivity index (χ2n) is 5.73. The fourth-order valence-electron chi connectivity index (χ4n) is 2.83. The van der Waals surface area contributed by atoms with Crippen LogP contribution in [-0.2, 0) is 5.41 Å². The third-order valence-electron chi connectivity index (χ3n) is 4.45. The Kier molecular flexibility index (Phi) is 3.26. The molecule has 1 heteroatoms. The Morgan fingerprint density at radius 3 is 2.21 bits per heavy atom. The minimum absolute atomic E-state index is 0.308. The fourth-order valence-corrected chi connectivity index (χ4v) is 3.84. The summed E-state index contributed by atoms with van der Waals surface area (Å²) in [5.41, 5.74) is 5.93. The summed E-state index contributed by atoms with van der Waals surface area (Å²) in [5, 5.41) is 0. The first kappa shape index (κ1) is 12.9. The van der Waals surface area contributed by atoms with E-state index < -0.39 is 0 Å². The molecule has 1 atom stereocenters. The van der Waals surface area contributed by atoms with Gasteiger partial charge in [0.25, 0.3) is 0 Å². The van der Waals surface area contributed by atoms with Crippen LogP contribution in [0.1, 0.15) is 39.9 Å².